The number of benzene rings is 1. The molecule has 1 aromatic heterocycles. The summed E-state index contributed by atoms with van der Waals surface area (Å²) in [6, 6.07) is 7.59. The number of nitrogens with zero attached hydrogens (tertiary/aromatic N) is 1. The lowest BCUT2D eigenvalue weighted by atomic mass is 10.0. The number of anilines is 2. The van der Waals surface area contributed by atoms with Gasteiger partial charge in [0.1, 0.15) is 5.75 Å². The standard InChI is InChI=1S/C21H26N2O3S/c1-13-11-15(14(2)27-13)7-6-8-19(24)22-16-9-10-17-18(12-16)26-21(3,4)20(25)23(17)5/h9-12H,6-8H2,1-5H3,(H,22,24). The molecule has 1 aromatic carbocycles. The highest BCUT2D eigenvalue weighted by Crippen LogP contribution is 2.38. The molecule has 2 aromatic rings. The van der Waals surface area contributed by atoms with Crippen molar-refractivity contribution in [2.24, 2.45) is 0 Å². The van der Waals surface area contributed by atoms with Crippen molar-refractivity contribution in [1.82, 2.24) is 0 Å². The Kier molecular flexibility index (Phi) is 5.29. The summed E-state index contributed by atoms with van der Waals surface area (Å²) >= 11 is 1.80. The molecule has 6 heteroatoms. The summed E-state index contributed by atoms with van der Waals surface area (Å²) in [6.45, 7) is 7.73. The fraction of sp³-hybridized carbons (Fsp3) is 0.429. The van der Waals surface area contributed by atoms with Crippen LogP contribution in [0.5, 0.6) is 5.75 Å². The fourth-order valence-corrected chi connectivity index (χ4v) is 4.35. The van der Waals surface area contributed by atoms with E-state index < -0.39 is 5.60 Å². The molecule has 27 heavy (non-hydrogen) atoms. The lowest BCUT2D eigenvalue weighted by Gasteiger charge is -2.37. The van der Waals surface area contributed by atoms with E-state index in [4.69, 9.17) is 4.74 Å². The molecular weight excluding hydrogens is 360 g/mol. The van der Waals surface area contributed by atoms with E-state index in [9.17, 15) is 9.59 Å². The van der Waals surface area contributed by atoms with Gasteiger partial charge in [-0.25, -0.2) is 0 Å². The lowest BCUT2D eigenvalue weighted by Crippen LogP contribution is -2.50. The van der Waals surface area contributed by atoms with Gasteiger partial charge in [0, 0.05) is 35.0 Å². The van der Waals surface area contributed by atoms with Gasteiger partial charge in [-0.05, 0) is 64.3 Å². The van der Waals surface area contributed by atoms with Crippen molar-refractivity contribution in [2.75, 3.05) is 17.3 Å². The van der Waals surface area contributed by atoms with Crippen LogP contribution >= 0.6 is 11.3 Å². The van der Waals surface area contributed by atoms with Gasteiger partial charge >= 0.3 is 0 Å². The molecule has 3 rings (SSSR count). The Bertz CT molecular complexity index is 886. The zero-order valence-corrected chi connectivity index (χ0v) is 17.3. The van der Waals surface area contributed by atoms with Crippen molar-refractivity contribution in [3.05, 3.63) is 39.6 Å². The zero-order chi connectivity index (χ0) is 19.8. The summed E-state index contributed by atoms with van der Waals surface area (Å²) < 4.78 is 5.84. The van der Waals surface area contributed by atoms with E-state index in [2.05, 4.69) is 25.2 Å². The largest absolute Gasteiger partial charge is 0.476 e. The molecule has 2 amide bonds. The van der Waals surface area contributed by atoms with Crippen LogP contribution in [0.25, 0.3) is 0 Å². The van der Waals surface area contributed by atoms with Crippen LogP contribution in [0.2, 0.25) is 0 Å². The van der Waals surface area contributed by atoms with Crippen molar-refractivity contribution >= 4 is 34.5 Å². The number of hydrogen-bond donors (Lipinski definition) is 1. The number of amides is 2. The van der Waals surface area contributed by atoms with Gasteiger partial charge in [-0.2, -0.15) is 0 Å². The Labute approximate surface area is 164 Å². The third-order valence-corrected chi connectivity index (χ3v) is 5.79. The predicted octanol–water partition coefficient (Wildman–Crippen LogP) is 4.46. The number of carbonyl (C=O) groups excluding carboxylic acids is 2. The monoisotopic (exact) mass is 386 g/mol. The first kappa shape index (κ1) is 19.4. The van der Waals surface area contributed by atoms with Gasteiger partial charge in [0.05, 0.1) is 5.69 Å². The van der Waals surface area contributed by atoms with Crippen molar-refractivity contribution in [3.63, 3.8) is 0 Å². The van der Waals surface area contributed by atoms with Gasteiger partial charge in [0.15, 0.2) is 5.60 Å². The molecule has 1 aliphatic heterocycles. The maximum absolute atomic E-state index is 12.3. The highest BCUT2D eigenvalue weighted by Gasteiger charge is 2.39. The number of hydrogen-bond acceptors (Lipinski definition) is 4. The average Bonchev–Trinajstić information content (AvgIpc) is 2.90. The Morgan fingerprint density at radius 2 is 2.00 bits per heavy atom. The topological polar surface area (TPSA) is 58.6 Å². The van der Waals surface area contributed by atoms with Crippen LogP contribution in [0, 0.1) is 13.8 Å². The Hall–Kier alpha value is -2.34. The molecule has 0 aliphatic carbocycles. The molecule has 1 aliphatic rings. The quantitative estimate of drug-likeness (QED) is 0.825. The van der Waals surface area contributed by atoms with E-state index in [0.29, 0.717) is 23.5 Å². The number of carbonyl (C=O) groups is 2. The second-order valence-corrected chi connectivity index (χ2v) is 8.96. The van der Waals surface area contributed by atoms with Crippen LogP contribution < -0.4 is 15.0 Å². The van der Waals surface area contributed by atoms with Crippen molar-refractivity contribution in [1.29, 1.82) is 0 Å². The maximum Gasteiger partial charge on any atom is 0.270 e. The van der Waals surface area contributed by atoms with E-state index in [0.717, 1.165) is 12.8 Å². The van der Waals surface area contributed by atoms with Gasteiger partial charge in [-0.3, -0.25) is 9.59 Å². The Morgan fingerprint density at radius 3 is 2.67 bits per heavy atom. The van der Waals surface area contributed by atoms with Crippen molar-refractivity contribution in [2.45, 2.75) is 52.6 Å². The van der Waals surface area contributed by atoms with Crippen LogP contribution in [0.3, 0.4) is 0 Å². The number of nitrogens with one attached hydrogen (secondary N) is 1. The van der Waals surface area contributed by atoms with Gasteiger partial charge in [-0.15, -0.1) is 11.3 Å². The minimum Gasteiger partial charge on any atom is -0.476 e. The molecule has 0 saturated carbocycles. The first-order chi connectivity index (χ1) is 12.7. The molecule has 0 bridgehead atoms. The zero-order valence-electron chi connectivity index (χ0n) is 16.5. The summed E-state index contributed by atoms with van der Waals surface area (Å²) in [5.74, 6) is 0.495. The molecule has 0 atom stereocenters. The highest BCUT2D eigenvalue weighted by atomic mass is 32.1. The van der Waals surface area contributed by atoms with Crippen LogP contribution in [-0.2, 0) is 16.0 Å². The maximum atomic E-state index is 12.3. The fourth-order valence-electron chi connectivity index (χ4n) is 3.38. The first-order valence-corrected chi connectivity index (χ1v) is 9.96. The summed E-state index contributed by atoms with van der Waals surface area (Å²) in [5, 5.41) is 2.93. The minimum atomic E-state index is -0.916. The molecule has 144 valence electrons. The van der Waals surface area contributed by atoms with Crippen LogP contribution in [-0.4, -0.2) is 24.5 Å². The normalized spacial score (nSPS) is 15.3. The summed E-state index contributed by atoms with van der Waals surface area (Å²) in [4.78, 5) is 28.8. The molecule has 0 fully saturated rings. The molecule has 0 spiro atoms. The number of aryl methyl sites for hydroxylation is 3. The van der Waals surface area contributed by atoms with Crippen LogP contribution in [0.15, 0.2) is 24.3 Å². The van der Waals surface area contributed by atoms with Crippen molar-refractivity contribution in [3.8, 4) is 5.75 Å². The Balaban J connectivity index is 1.60. The molecule has 0 radical (unpaired) electrons. The predicted molar refractivity (Wildman–Crippen MR) is 110 cm³/mol. The molecule has 0 saturated heterocycles. The summed E-state index contributed by atoms with van der Waals surface area (Å²) in [5.41, 5.74) is 1.81. The van der Waals surface area contributed by atoms with E-state index in [-0.39, 0.29) is 11.8 Å². The van der Waals surface area contributed by atoms with E-state index in [1.807, 2.05) is 0 Å². The Morgan fingerprint density at radius 1 is 1.26 bits per heavy atom. The number of likely N-dealkylation sites (N-methyl/N-ethyl adjacent to an activating group) is 1. The SMILES string of the molecule is Cc1cc(CCCC(=O)Nc2ccc3c(c2)OC(C)(C)C(=O)N3C)c(C)s1. The number of fused-ring (bicyclic) bond motifs is 1. The second-order valence-electron chi connectivity index (χ2n) is 7.50. The van der Waals surface area contributed by atoms with Gasteiger partial charge < -0.3 is 15.0 Å². The molecule has 5 nitrogen and oxygen atoms in total. The minimum absolute atomic E-state index is 0.0148. The smallest absolute Gasteiger partial charge is 0.270 e. The molecule has 1 N–H and O–H groups in total. The van der Waals surface area contributed by atoms with Gasteiger partial charge in [0.25, 0.3) is 5.91 Å². The highest BCUT2D eigenvalue weighted by molar-refractivity contribution is 7.12. The average molecular weight is 387 g/mol. The third-order valence-electron chi connectivity index (χ3n) is 4.78. The lowest BCUT2D eigenvalue weighted by molar-refractivity contribution is -0.132. The molecule has 0 unspecified atom stereocenters. The van der Waals surface area contributed by atoms with E-state index in [1.54, 1.807) is 55.3 Å². The molecule has 2 heterocycles. The van der Waals surface area contributed by atoms with Crippen LogP contribution in [0.4, 0.5) is 11.4 Å². The third kappa shape index (κ3) is 4.16. The van der Waals surface area contributed by atoms with Crippen LogP contribution in [0.1, 0.15) is 42.0 Å². The first-order valence-electron chi connectivity index (χ1n) is 9.14. The number of thiophene rings is 1. The second kappa shape index (κ2) is 7.35. The summed E-state index contributed by atoms with van der Waals surface area (Å²) in [7, 11) is 1.73. The molecular formula is C21H26N2O3S. The van der Waals surface area contributed by atoms with Gasteiger partial charge in [-0.1, -0.05) is 0 Å². The number of rotatable bonds is 5. The van der Waals surface area contributed by atoms with Gasteiger partial charge in [0.2, 0.25) is 5.91 Å². The summed E-state index contributed by atoms with van der Waals surface area (Å²) in [6.07, 6.45) is 2.20. The van der Waals surface area contributed by atoms with E-state index in [1.165, 1.54) is 15.3 Å². The van der Waals surface area contributed by atoms with Crippen molar-refractivity contribution < 1.29 is 14.3 Å². The van der Waals surface area contributed by atoms with E-state index >= 15 is 0 Å². The number of ether oxygens (including phenoxy) is 1.